The fourth-order valence-corrected chi connectivity index (χ4v) is 4.45. The van der Waals surface area contributed by atoms with E-state index in [4.69, 9.17) is 10.6 Å². The highest BCUT2D eigenvalue weighted by molar-refractivity contribution is 5.31. The van der Waals surface area contributed by atoms with Gasteiger partial charge in [-0.2, -0.15) is 0 Å². The summed E-state index contributed by atoms with van der Waals surface area (Å²) in [7, 11) is 0. The maximum atomic E-state index is 5.91. The molecule has 0 heterocycles. The predicted molar refractivity (Wildman–Crippen MR) is 83.7 cm³/mol. The maximum Gasteiger partial charge on any atom is 0.120 e. The zero-order chi connectivity index (χ0) is 14.2. The van der Waals surface area contributed by atoms with Crippen molar-refractivity contribution in [2.45, 2.75) is 57.1 Å². The SMILES string of the molecule is NNC(CC1CC2CCC1C2)c1cccc(OC2CC2)c1. The molecule has 3 aliphatic rings. The van der Waals surface area contributed by atoms with Crippen LogP contribution in [0.1, 0.15) is 56.6 Å². The summed E-state index contributed by atoms with van der Waals surface area (Å²) in [5.41, 5.74) is 4.32. The average Bonchev–Trinajstić information content (AvgIpc) is 3.08. The van der Waals surface area contributed by atoms with Crippen molar-refractivity contribution in [3.8, 4) is 5.75 Å². The Balaban J connectivity index is 1.44. The van der Waals surface area contributed by atoms with Gasteiger partial charge in [0.2, 0.25) is 0 Å². The van der Waals surface area contributed by atoms with E-state index in [9.17, 15) is 0 Å². The molecule has 4 rings (SSSR count). The van der Waals surface area contributed by atoms with Crippen LogP contribution in [0.3, 0.4) is 0 Å². The van der Waals surface area contributed by atoms with Gasteiger partial charge >= 0.3 is 0 Å². The van der Waals surface area contributed by atoms with Gasteiger partial charge in [0, 0.05) is 6.04 Å². The molecule has 3 nitrogen and oxygen atoms in total. The van der Waals surface area contributed by atoms with Crippen LogP contribution in [0.15, 0.2) is 24.3 Å². The number of hydrogen-bond donors (Lipinski definition) is 2. The Bertz CT molecular complexity index is 500. The van der Waals surface area contributed by atoms with E-state index < -0.39 is 0 Å². The summed E-state index contributed by atoms with van der Waals surface area (Å²) in [4.78, 5) is 0. The quantitative estimate of drug-likeness (QED) is 0.621. The molecule has 3 aliphatic carbocycles. The molecular formula is C18H26N2O. The summed E-state index contributed by atoms with van der Waals surface area (Å²) in [5, 5.41) is 0. The molecule has 3 saturated carbocycles. The molecule has 21 heavy (non-hydrogen) atoms. The molecular weight excluding hydrogens is 260 g/mol. The van der Waals surface area contributed by atoms with Gasteiger partial charge in [-0.05, 0) is 74.0 Å². The van der Waals surface area contributed by atoms with Gasteiger partial charge in [-0.3, -0.25) is 11.3 Å². The van der Waals surface area contributed by atoms with E-state index in [1.807, 2.05) is 0 Å². The Hall–Kier alpha value is -1.06. The lowest BCUT2D eigenvalue weighted by Gasteiger charge is -2.26. The minimum absolute atomic E-state index is 0.261. The van der Waals surface area contributed by atoms with Crippen molar-refractivity contribution in [2.24, 2.45) is 23.6 Å². The van der Waals surface area contributed by atoms with E-state index in [1.165, 1.54) is 50.5 Å². The molecule has 0 aromatic heterocycles. The first-order chi connectivity index (χ1) is 10.3. The second kappa shape index (κ2) is 5.62. The molecule has 3 fully saturated rings. The minimum atomic E-state index is 0.261. The van der Waals surface area contributed by atoms with Gasteiger partial charge in [-0.15, -0.1) is 0 Å². The number of nitrogens with two attached hydrogens (primary N) is 1. The maximum absolute atomic E-state index is 5.91. The molecule has 4 unspecified atom stereocenters. The Morgan fingerprint density at radius 1 is 1.19 bits per heavy atom. The van der Waals surface area contributed by atoms with Gasteiger partial charge in [-0.1, -0.05) is 18.6 Å². The fraction of sp³-hybridized carbons (Fsp3) is 0.667. The number of rotatable bonds is 6. The van der Waals surface area contributed by atoms with Crippen LogP contribution in [-0.2, 0) is 0 Å². The number of nitrogens with one attached hydrogen (secondary N) is 1. The summed E-state index contributed by atoms with van der Waals surface area (Å²) < 4.78 is 5.91. The molecule has 3 N–H and O–H groups in total. The van der Waals surface area contributed by atoms with Crippen LogP contribution in [0.4, 0.5) is 0 Å². The molecule has 0 saturated heterocycles. The summed E-state index contributed by atoms with van der Waals surface area (Å²) >= 11 is 0. The Morgan fingerprint density at radius 2 is 2.10 bits per heavy atom. The number of ether oxygens (including phenoxy) is 1. The largest absolute Gasteiger partial charge is 0.490 e. The van der Waals surface area contributed by atoms with E-state index in [0.717, 1.165) is 23.5 Å². The topological polar surface area (TPSA) is 47.3 Å². The molecule has 2 bridgehead atoms. The predicted octanol–water partition coefficient (Wildman–Crippen LogP) is 3.56. The Kier molecular flexibility index (Phi) is 3.64. The molecule has 0 spiro atoms. The lowest BCUT2D eigenvalue weighted by molar-refractivity contribution is 0.278. The molecule has 1 aromatic rings. The van der Waals surface area contributed by atoms with Gasteiger partial charge in [0.25, 0.3) is 0 Å². The monoisotopic (exact) mass is 286 g/mol. The zero-order valence-electron chi connectivity index (χ0n) is 12.6. The molecule has 3 heteroatoms. The Morgan fingerprint density at radius 3 is 2.76 bits per heavy atom. The Labute approximate surface area is 127 Å². The molecule has 4 atom stereocenters. The van der Waals surface area contributed by atoms with Gasteiger partial charge < -0.3 is 4.74 Å². The van der Waals surface area contributed by atoms with Crippen LogP contribution in [0.25, 0.3) is 0 Å². The molecule has 0 amide bonds. The van der Waals surface area contributed by atoms with Crippen molar-refractivity contribution < 1.29 is 4.74 Å². The van der Waals surface area contributed by atoms with Crippen molar-refractivity contribution in [3.63, 3.8) is 0 Å². The van der Waals surface area contributed by atoms with E-state index in [0.29, 0.717) is 6.10 Å². The molecule has 114 valence electrons. The summed E-state index contributed by atoms with van der Waals surface area (Å²) in [5.74, 6) is 9.67. The van der Waals surface area contributed by atoms with Gasteiger partial charge in [0.05, 0.1) is 6.10 Å². The number of fused-ring (bicyclic) bond motifs is 2. The smallest absolute Gasteiger partial charge is 0.120 e. The van der Waals surface area contributed by atoms with Crippen molar-refractivity contribution in [3.05, 3.63) is 29.8 Å². The third kappa shape index (κ3) is 2.95. The number of hydrogen-bond acceptors (Lipinski definition) is 3. The van der Waals surface area contributed by atoms with Crippen molar-refractivity contribution in [1.82, 2.24) is 5.43 Å². The van der Waals surface area contributed by atoms with Crippen LogP contribution >= 0.6 is 0 Å². The van der Waals surface area contributed by atoms with E-state index in [2.05, 4.69) is 29.7 Å². The van der Waals surface area contributed by atoms with E-state index in [1.54, 1.807) is 0 Å². The van der Waals surface area contributed by atoms with Crippen LogP contribution in [0.2, 0.25) is 0 Å². The number of hydrazine groups is 1. The average molecular weight is 286 g/mol. The first kappa shape index (κ1) is 13.6. The summed E-state index contributed by atoms with van der Waals surface area (Å²) in [6.45, 7) is 0. The van der Waals surface area contributed by atoms with Crippen LogP contribution < -0.4 is 16.0 Å². The lowest BCUT2D eigenvalue weighted by atomic mass is 9.83. The fourth-order valence-electron chi connectivity index (χ4n) is 4.45. The van der Waals surface area contributed by atoms with Crippen LogP contribution in [-0.4, -0.2) is 6.10 Å². The van der Waals surface area contributed by atoms with Crippen LogP contribution in [0, 0.1) is 17.8 Å². The molecule has 0 aliphatic heterocycles. The zero-order valence-corrected chi connectivity index (χ0v) is 12.6. The first-order valence-electron chi connectivity index (χ1n) is 8.54. The number of benzene rings is 1. The highest BCUT2D eigenvalue weighted by atomic mass is 16.5. The first-order valence-corrected chi connectivity index (χ1v) is 8.54. The van der Waals surface area contributed by atoms with Crippen molar-refractivity contribution >= 4 is 0 Å². The highest BCUT2D eigenvalue weighted by Gasteiger charge is 2.40. The standard InChI is InChI=1S/C18H26N2O/c19-20-18(11-15-9-12-4-5-13(15)8-12)14-2-1-3-17(10-14)21-16-6-7-16/h1-3,10,12-13,15-16,18,20H,4-9,11,19H2. The van der Waals surface area contributed by atoms with E-state index in [-0.39, 0.29) is 6.04 Å². The van der Waals surface area contributed by atoms with Gasteiger partial charge in [-0.25, -0.2) is 0 Å². The van der Waals surface area contributed by atoms with Gasteiger partial charge in [0.1, 0.15) is 5.75 Å². The summed E-state index contributed by atoms with van der Waals surface area (Å²) in [6, 6.07) is 8.77. The molecule has 0 radical (unpaired) electrons. The van der Waals surface area contributed by atoms with E-state index >= 15 is 0 Å². The van der Waals surface area contributed by atoms with Crippen LogP contribution in [0.5, 0.6) is 5.75 Å². The van der Waals surface area contributed by atoms with Crippen molar-refractivity contribution in [1.29, 1.82) is 0 Å². The normalized spacial score (nSPS) is 32.3. The van der Waals surface area contributed by atoms with Gasteiger partial charge in [0.15, 0.2) is 0 Å². The third-order valence-electron chi connectivity index (χ3n) is 5.71. The molecule has 1 aromatic carbocycles. The second-order valence-electron chi connectivity index (χ2n) is 7.28. The lowest BCUT2D eigenvalue weighted by Crippen LogP contribution is -2.30. The summed E-state index contributed by atoms with van der Waals surface area (Å²) in [6.07, 6.45) is 9.82. The third-order valence-corrected chi connectivity index (χ3v) is 5.71. The minimum Gasteiger partial charge on any atom is -0.490 e. The second-order valence-corrected chi connectivity index (χ2v) is 7.28. The highest BCUT2D eigenvalue weighted by Crippen LogP contribution is 2.50. The van der Waals surface area contributed by atoms with Crippen molar-refractivity contribution in [2.75, 3.05) is 0 Å².